The summed E-state index contributed by atoms with van der Waals surface area (Å²) in [6, 6.07) is -0.775. The number of nitrogens with one attached hydrogen (secondary N) is 1. The highest BCUT2D eigenvalue weighted by molar-refractivity contribution is 5.73. The van der Waals surface area contributed by atoms with Gasteiger partial charge in [-0.25, -0.2) is 4.79 Å². The number of methoxy groups -OCH3 is 1. The number of alkyl carbamates (subject to hydrolysis) is 1. The predicted octanol–water partition coefficient (Wildman–Crippen LogP) is 0.334. The standard InChI is InChI=1S/C27H40N4O14/c1-14(32)39-13-20-22(41-15(2)33)23(42-16(3)34)24(43-17(4)35)25(44-20)40-12-19-11-31(30-29-19)10-18(9-21(36)38-8)28-26(37)45-27(5,6)7/h11,18,20,22-25H,9-10,12-13H2,1-8H3,(H,28,37)/t18-,20+,22+,23-,24-,25-/m0/s1. The number of ether oxygens (including phenoxy) is 8. The van der Waals surface area contributed by atoms with E-state index in [2.05, 4.69) is 15.6 Å². The lowest BCUT2D eigenvalue weighted by Gasteiger charge is -2.43. The number of esters is 5. The van der Waals surface area contributed by atoms with E-state index in [0.29, 0.717) is 0 Å². The maximum Gasteiger partial charge on any atom is 0.407 e. The van der Waals surface area contributed by atoms with Crippen molar-refractivity contribution in [1.82, 2.24) is 20.3 Å². The minimum atomic E-state index is -1.42. The van der Waals surface area contributed by atoms with Gasteiger partial charge in [0.2, 0.25) is 0 Å². The third kappa shape index (κ3) is 13.1. The van der Waals surface area contributed by atoms with E-state index in [1.807, 2.05) is 0 Å². The summed E-state index contributed by atoms with van der Waals surface area (Å²) in [5.41, 5.74) is -0.524. The average molecular weight is 645 g/mol. The number of aromatic nitrogens is 3. The summed E-state index contributed by atoms with van der Waals surface area (Å²) in [7, 11) is 1.21. The third-order valence-electron chi connectivity index (χ3n) is 5.70. The number of nitrogens with zero attached hydrogens (tertiary/aromatic N) is 3. The largest absolute Gasteiger partial charge is 0.469 e. The lowest BCUT2D eigenvalue weighted by atomic mass is 9.98. The average Bonchev–Trinajstić information content (AvgIpc) is 3.34. The van der Waals surface area contributed by atoms with E-state index in [4.69, 9.17) is 37.9 Å². The van der Waals surface area contributed by atoms with Crippen molar-refractivity contribution < 1.29 is 66.7 Å². The number of hydrogen-bond donors (Lipinski definition) is 1. The second kappa shape index (κ2) is 16.7. The third-order valence-corrected chi connectivity index (χ3v) is 5.70. The summed E-state index contributed by atoms with van der Waals surface area (Å²) >= 11 is 0. The van der Waals surface area contributed by atoms with Gasteiger partial charge >= 0.3 is 35.9 Å². The van der Waals surface area contributed by atoms with Gasteiger partial charge in [0.05, 0.1) is 38.9 Å². The Bertz CT molecular complexity index is 1210. The van der Waals surface area contributed by atoms with Gasteiger partial charge in [0, 0.05) is 27.7 Å². The van der Waals surface area contributed by atoms with Crippen LogP contribution in [0.25, 0.3) is 0 Å². The topological polar surface area (TPSA) is 219 Å². The molecule has 1 fully saturated rings. The molecule has 0 unspecified atom stereocenters. The van der Waals surface area contributed by atoms with Gasteiger partial charge in [-0.1, -0.05) is 5.21 Å². The van der Waals surface area contributed by atoms with Crippen molar-refractivity contribution in [3.05, 3.63) is 11.9 Å². The number of rotatable bonds is 13. The second-order valence-electron chi connectivity index (χ2n) is 10.9. The highest BCUT2D eigenvalue weighted by atomic mass is 16.7. The Morgan fingerprint density at radius 2 is 1.53 bits per heavy atom. The molecule has 0 spiro atoms. The van der Waals surface area contributed by atoms with E-state index in [1.54, 1.807) is 20.8 Å². The van der Waals surface area contributed by atoms with Crippen LogP contribution in [0.15, 0.2) is 6.20 Å². The Balaban J connectivity index is 2.26. The lowest BCUT2D eigenvalue weighted by Crippen LogP contribution is -2.62. The molecule has 1 amide bonds. The van der Waals surface area contributed by atoms with Crippen LogP contribution in [0.3, 0.4) is 0 Å². The molecule has 0 aliphatic carbocycles. The van der Waals surface area contributed by atoms with Crippen LogP contribution in [0, 0.1) is 0 Å². The van der Waals surface area contributed by atoms with Gasteiger partial charge in [-0.05, 0) is 20.8 Å². The first-order valence-electron chi connectivity index (χ1n) is 13.8. The Kier molecular flexibility index (Phi) is 13.7. The van der Waals surface area contributed by atoms with Gasteiger partial charge < -0.3 is 43.2 Å². The Hall–Kier alpha value is -4.32. The predicted molar refractivity (Wildman–Crippen MR) is 147 cm³/mol. The number of carbonyl (C=O) groups excluding carboxylic acids is 6. The van der Waals surface area contributed by atoms with Gasteiger partial charge in [-0.3, -0.25) is 28.7 Å². The first-order valence-corrected chi connectivity index (χ1v) is 13.8. The zero-order valence-electron chi connectivity index (χ0n) is 26.4. The molecule has 2 heterocycles. The first-order chi connectivity index (χ1) is 21.0. The molecule has 18 nitrogen and oxygen atoms in total. The summed E-state index contributed by atoms with van der Waals surface area (Å²) in [5.74, 6) is -3.58. The maximum absolute atomic E-state index is 12.3. The summed E-state index contributed by atoms with van der Waals surface area (Å²) in [6.07, 6.45) is -6.23. The second-order valence-corrected chi connectivity index (χ2v) is 10.9. The Labute approximate surface area is 259 Å². The molecule has 1 aromatic rings. The van der Waals surface area contributed by atoms with Gasteiger partial charge in [0.15, 0.2) is 24.6 Å². The zero-order chi connectivity index (χ0) is 33.9. The molecule has 1 N–H and O–H groups in total. The summed E-state index contributed by atoms with van der Waals surface area (Å²) in [5, 5.41) is 10.6. The number of carbonyl (C=O) groups is 6. The van der Waals surface area contributed by atoms with Crippen molar-refractivity contribution in [3.63, 3.8) is 0 Å². The molecule has 252 valence electrons. The summed E-state index contributed by atoms with van der Waals surface area (Å²) < 4.78 is 44.2. The molecule has 45 heavy (non-hydrogen) atoms. The van der Waals surface area contributed by atoms with Crippen LogP contribution in [0.4, 0.5) is 4.79 Å². The van der Waals surface area contributed by atoms with Crippen LogP contribution in [0.5, 0.6) is 0 Å². The molecule has 2 rings (SSSR count). The van der Waals surface area contributed by atoms with Gasteiger partial charge in [-0.2, -0.15) is 0 Å². The van der Waals surface area contributed by atoms with Crippen LogP contribution in [-0.2, 0) is 75.0 Å². The molecular formula is C27H40N4O14. The molecule has 0 aromatic carbocycles. The summed E-state index contributed by atoms with van der Waals surface area (Å²) in [6.45, 7) is 8.85. The van der Waals surface area contributed by atoms with Crippen molar-refractivity contribution in [1.29, 1.82) is 0 Å². The zero-order valence-corrected chi connectivity index (χ0v) is 26.4. The summed E-state index contributed by atoms with van der Waals surface area (Å²) in [4.78, 5) is 71.6. The van der Waals surface area contributed by atoms with Crippen molar-refractivity contribution in [3.8, 4) is 0 Å². The van der Waals surface area contributed by atoms with E-state index in [-0.39, 0.29) is 25.3 Å². The minimum Gasteiger partial charge on any atom is -0.469 e. The molecular weight excluding hydrogens is 604 g/mol. The van der Waals surface area contributed by atoms with Crippen molar-refractivity contribution in [2.75, 3.05) is 13.7 Å². The van der Waals surface area contributed by atoms with Crippen LogP contribution in [0.2, 0.25) is 0 Å². The van der Waals surface area contributed by atoms with E-state index in [0.717, 1.165) is 27.7 Å². The van der Waals surface area contributed by atoms with Gasteiger partial charge in [-0.15, -0.1) is 5.10 Å². The minimum absolute atomic E-state index is 0.000391. The molecule has 1 aromatic heterocycles. The normalized spacial score (nSPS) is 21.9. The molecule has 6 atom stereocenters. The van der Waals surface area contributed by atoms with Crippen LogP contribution < -0.4 is 5.32 Å². The van der Waals surface area contributed by atoms with Crippen molar-refractivity contribution >= 4 is 35.9 Å². The monoisotopic (exact) mass is 644 g/mol. The van der Waals surface area contributed by atoms with Crippen molar-refractivity contribution in [2.45, 2.75) is 110 Å². The van der Waals surface area contributed by atoms with E-state index >= 15 is 0 Å². The van der Waals surface area contributed by atoms with E-state index < -0.39 is 84.9 Å². The van der Waals surface area contributed by atoms with Gasteiger partial charge in [0.25, 0.3) is 0 Å². The fourth-order valence-corrected chi connectivity index (χ4v) is 4.13. The van der Waals surface area contributed by atoms with E-state index in [1.165, 1.54) is 18.0 Å². The molecule has 1 aliphatic heterocycles. The molecule has 18 heteroatoms. The number of hydrogen-bond acceptors (Lipinski definition) is 16. The quantitative estimate of drug-likeness (QED) is 0.226. The molecule has 1 aliphatic rings. The first kappa shape index (κ1) is 36.9. The Morgan fingerprint density at radius 3 is 2.09 bits per heavy atom. The van der Waals surface area contributed by atoms with Crippen LogP contribution in [0.1, 0.15) is 60.6 Å². The lowest BCUT2D eigenvalue weighted by molar-refractivity contribution is -0.310. The number of amides is 1. The highest BCUT2D eigenvalue weighted by Gasteiger charge is 2.52. The van der Waals surface area contributed by atoms with Crippen molar-refractivity contribution in [2.24, 2.45) is 0 Å². The smallest absolute Gasteiger partial charge is 0.407 e. The molecule has 1 saturated heterocycles. The SMILES string of the molecule is COC(=O)C[C@@H](Cn1cc(CO[C@H]2O[C@H](COC(C)=O)[C@@H](OC(C)=O)[C@H](OC(C)=O)[C@@H]2OC(C)=O)nn1)NC(=O)OC(C)(C)C. The molecule has 0 bridgehead atoms. The van der Waals surface area contributed by atoms with E-state index in [9.17, 15) is 28.8 Å². The highest BCUT2D eigenvalue weighted by Crippen LogP contribution is 2.30. The van der Waals surface area contributed by atoms with Gasteiger partial charge in [0.1, 0.15) is 24.0 Å². The van der Waals surface area contributed by atoms with Crippen LogP contribution in [-0.4, -0.2) is 107 Å². The maximum atomic E-state index is 12.3. The Morgan fingerprint density at radius 1 is 0.933 bits per heavy atom. The molecule has 0 saturated carbocycles. The fraction of sp³-hybridized carbons (Fsp3) is 0.704. The molecule has 0 radical (unpaired) electrons. The fourth-order valence-electron chi connectivity index (χ4n) is 4.13. The van der Waals surface area contributed by atoms with Crippen LogP contribution >= 0.6 is 0 Å².